The molecule has 9 heteroatoms. The molecule has 0 unspecified atom stereocenters. The van der Waals surface area contributed by atoms with Crippen molar-refractivity contribution in [1.82, 2.24) is 5.32 Å². The van der Waals surface area contributed by atoms with E-state index in [0.29, 0.717) is 6.42 Å². The maximum Gasteiger partial charge on any atom is 0.242 e. The van der Waals surface area contributed by atoms with Gasteiger partial charge in [0.1, 0.15) is 24.4 Å². The van der Waals surface area contributed by atoms with Crippen LogP contribution in [0.15, 0.2) is 0 Å². The minimum absolute atomic E-state index is 0.213. The lowest BCUT2D eigenvalue weighted by Crippen LogP contribution is -2.55. The molecule has 0 aromatic carbocycles. The zero-order chi connectivity index (χ0) is 21.6. The number of hydrogen-bond donors (Lipinski definition) is 5. The normalized spacial score (nSPS) is 25.5. The molecule has 0 aromatic rings. The van der Waals surface area contributed by atoms with Crippen LogP contribution in [0.25, 0.3) is 0 Å². The van der Waals surface area contributed by atoms with Crippen LogP contribution in [0, 0.1) is 0 Å². The third-order valence-electron chi connectivity index (χ3n) is 5.07. The number of nitrogens with two attached hydrogens (primary N) is 1. The summed E-state index contributed by atoms with van der Waals surface area (Å²) in [6.07, 6.45) is 5.27. The second kappa shape index (κ2) is 14.7. The van der Waals surface area contributed by atoms with E-state index in [-0.39, 0.29) is 19.1 Å². The number of unbranched alkanes of at least 4 members (excludes halogenated alkanes) is 8. The zero-order valence-electron chi connectivity index (χ0n) is 17.4. The fourth-order valence-electron chi connectivity index (χ4n) is 3.17. The van der Waals surface area contributed by atoms with Crippen LogP contribution in [0.3, 0.4) is 0 Å². The summed E-state index contributed by atoms with van der Waals surface area (Å²) in [5.74, 6) is -1.06. The minimum atomic E-state index is -1.47. The van der Waals surface area contributed by atoms with Crippen molar-refractivity contribution in [3.63, 3.8) is 0 Å². The second-order valence-electron chi connectivity index (χ2n) is 7.68. The smallest absolute Gasteiger partial charge is 0.242 e. The number of rotatable bonds is 15. The van der Waals surface area contributed by atoms with E-state index in [0.717, 1.165) is 19.3 Å². The third kappa shape index (κ3) is 10.4. The molecule has 0 radical (unpaired) electrons. The predicted octanol–water partition coefficient (Wildman–Crippen LogP) is 0.333. The highest BCUT2D eigenvalue weighted by Gasteiger charge is 2.38. The molecule has 0 aliphatic carbocycles. The first-order chi connectivity index (χ1) is 13.9. The fraction of sp³-hybridized carbons (Fsp3) is 0.900. The highest BCUT2D eigenvalue weighted by Crippen LogP contribution is 2.17. The molecule has 29 heavy (non-hydrogen) atoms. The van der Waals surface area contributed by atoms with E-state index in [1.165, 1.54) is 38.5 Å². The van der Waals surface area contributed by atoms with Crippen LogP contribution >= 0.6 is 0 Å². The number of ether oxygens (including phenoxy) is 2. The van der Waals surface area contributed by atoms with Crippen LogP contribution in [-0.4, -0.2) is 71.0 Å². The van der Waals surface area contributed by atoms with Crippen molar-refractivity contribution >= 4 is 11.8 Å². The Balaban J connectivity index is 2.21. The van der Waals surface area contributed by atoms with Crippen molar-refractivity contribution < 1.29 is 34.4 Å². The molecular weight excluding hydrogens is 380 g/mol. The predicted molar refractivity (Wildman–Crippen MR) is 107 cm³/mol. The number of aliphatic hydroxyl groups excluding tert-OH is 3. The van der Waals surface area contributed by atoms with E-state index in [1.807, 2.05) is 0 Å². The van der Waals surface area contributed by atoms with Crippen LogP contribution in [0.2, 0.25) is 0 Å². The first-order valence-electron chi connectivity index (χ1n) is 10.7. The van der Waals surface area contributed by atoms with Gasteiger partial charge in [-0.15, -0.1) is 0 Å². The van der Waals surface area contributed by atoms with E-state index >= 15 is 0 Å². The monoisotopic (exact) mass is 418 g/mol. The number of amides is 2. The van der Waals surface area contributed by atoms with Gasteiger partial charge in [-0.25, -0.2) is 0 Å². The van der Waals surface area contributed by atoms with Crippen molar-refractivity contribution in [3.05, 3.63) is 0 Å². The molecule has 5 atom stereocenters. The van der Waals surface area contributed by atoms with Gasteiger partial charge in [0, 0.05) is 6.42 Å². The minimum Gasteiger partial charge on any atom is -0.388 e. The Labute approximate surface area is 172 Å². The van der Waals surface area contributed by atoms with Crippen LogP contribution in [-0.2, 0) is 19.1 Å². The van der Waals surface area contributed by atoms with Crippen LogP contribution in [0.5, 0.6) is 0 Å². The summed E-state index contributed by atoms with van der Waals surface area (Å²) in [6, 6.07) is -1.07. The lowest BCUT2D eigenvalue weighted by molar-refractivity contribution is -0.270. The first kappa shape index (κ1) is 25.8. The maximum atomic E-state index is 12.0. The Kier molecular flexibility index (Phi) is 13.0. The zero-order valence-corrected chi connectivity index (χ0v) is 17.4. The van der Waals surface area contributed by atoms with Crippen LogP contribution in [0.4, 0.5) is 0 Å². The summed E-state index contributed by atoms with van der Waals surface area (Å²) in [5, 5.41) is 31.4. The molecule has 6 N–H and O–H groups in total. The molecule has 1 aliphatic rings. The quantitative estimate of drug-likeness (QED) is 0.240. The molecule has 1 aliphatic heterocycles. The Morgan fingerprint density at radius 2 is 1.62 bits per heavy atom. The molecule has 1 saturated heterocycles. The highest BCUT2D eigenvalue weighted by molar-refractivity contribution is 5.86. The number of aliphatic hydroxyl groups is 3. The number of primary amides is 1. The molecule has 0 bridgehead atoms. The largest absolute Gasteiger partial charge is 0.388 e. The molecule has 170 valence electrons. The molecule has 1 fully saturated rings. The molecule has 2 amide bonds. The van der Waals surface area contributed by atoms with Crippen LogP contribution < -0.4 is 11.1 Å². The number of carbonyl (C=O) groups is 2. The molecule has 1 rings (SSSR count). The Hall–Kier alpha value is -1.26. The number of nitrogens with one attached hydrogen (secondary N) is 1. The van der Waals surface area contributed by atoms with Gasteiger partial charge in [0.2, 0.25) is 11.8 Å². The van der Waals surface area contributed by atoms with E-state index in [1.54, 1.807) is 0 Å². The van der Waals surface area contributed by atoms with Crippen molar-refractivity contribution in [2.75, 3.05) is 13.2 Å². The summed E-state index contributed by atoms with van der Waals surface area (Å²) in [4.78, 5) is 23.6. The molecular formula is C20H38N2O7. The van der Waals surface area contributed by atoms with Gasteiger partial charge >= 0.3 is 0 Å². The molecule has 0 saturated carbocycles. The Morgan fingerprint density at radius 3 is 2.21 bits per heavy atom. The summed E-state index contributed by atoms with van der Waals surface area (Å²) in [5.41, 5.74) is 5.30. The van der Waals surface area contributed by atoms with Gasteiger partial charge in [-0.3, -0.25) is 9.59 Å². The van der Waals surface area contributed by atoms with Gasteiger partial charge < -0.3 is 35.8 Å². The Morgan fingerprint density at radius 1 is 1.03 bits per heavy atom. The van der Waals surface area contributed by atoms with E-state index in [9.17, 15) is 24.9 Å². The molecule has 0 spiro atoms. The maximum absolute atomic E-state index is 12.0. The number of carbonyl (C=O) groups excluding carboxylic acids is 2. The summed E-state index contributed by atoms with van der Waals surface area (Å²) in [6.45, 7) is 1.68. The van der Waals surface area contributed by atoms with Gasteiger partial charge in [-0.05, 0) is 6.42 Å². The summed E-state index contributed by atoms with van der Waals surface area (Å²) >= 11 is 0. The van der Waals surface area contributed by atoms with Gasteiger partial charge in [0.15, 0.2) is 6.29 Å². The van der Waals surface area contributed by atoms with Gasteiger partial charge in [-0.2, -0.15) is 0 Å². The van der Waals surface area contributed by atoms with Crippen molar-refractivity contribution in [2.45, 2.75) is 102 Å². The lowest BCUT2D eigenvalue weighted by Gasteiger charge is -2.35. The van der Waals surface area contributed by atoms with Crippen molar-refractivity contribution in [2.24, 2.45) is 5.73 Å². The third-order valence-corrected chi connectivity index (χ3v) is 5.07. The van der Waals surface area contributed by atoms with Gasteiger partial charge in [0.05, 0.1) is 13.2 Å². The molecule has 1 heterocycles. The SMILES string of the molecule is CCCCCCCCCCCC(=O)N[C@@H](CO[C@@H]1OC[C@@H](O)[C@H](O)[C@H]1O)C(N)=O. The highest BCUT2D eigenvalue weighted by atomic mass is 16.7. The summed E-state index contributed by atoms with van der Waals surface area (Å²) in [7, 11) is 0. The van der Waals surface area contributed by atoms with Crippen molar-refractivity contribution in [3.8, 4) is 0 Å². The van der Waals surface area contributed by atoms with Crippen LogP contribution in [0.1, 0.15) is 71.1 Å². The van der Waals surface area contributed by atoms with E-state index < -0.39 is 36.6 Å². The number of hydrogen-bond acceptors (Lipinski definition) is 7. The summed E-state index contributed by atoms with van der Waals surface area (Å²) < 4.78 is 10.4. The van der Waals surface area contributed by atoms with E-state index in [4.69, 9.17) is 15.2 Å². The Bertz CT molecular complexity index is 478. The molecule has 9 nitrogen and oxygen atoms in total. The molecule has 0 aromatic heterocycles. The van der Waals surface area contributed by atoms with Crippen molar-refractivity contribution in [1.29, 1.82) is 0 Å². The fourth-order valence-corrected chi connectivity index (χ4v) is 3.17. The lowest BCUT2D eigenvalue weighted by atomic mass is 10.1. The first-order valence-corrected chi connectivity index (χ1v) is 10.7. The average molecular weight is 419 g/mol. The van der Waals surface area contributed by atoms with E-state index in [2.05, 4.69) is 12.2 Å². The average Bonchev–Trinajstić information content (AvgIpc) is 2.69. The topological polar surface area (TPSA) is 151 Å². The standard InChI is InChI=1S/C20H38N2O7/c1-2-3-4-5-6-7-8-9-10-11-16(24)22-14(19(21)27)12-28-20-18(26)17(25)15(23)13-29-20/h14-15,17-18,20,23,25-26H,2-13H2,1H3,(H2,21,27)(H,22,24)/t14-,15+,17-,18+,20+/m0/s1. The van der Waals surface area contributed by atoms with Gasteiger partial charge in [-0.1, -0.05) is 58.3 Å². The van der Waals surface area contributed by atoms with Gasteiger partial charge in [0.25, 0.3) is 0 Å². The second-order valence-corrected chi connectivity index (χ2v) is 7.68.